The molecule has 0 saturated heterocycles. The van der Waals surface area contributed by atoms with Gasteiger partial charge in [0.1, 0.15) is 35.5 Å². The van der Waals surface area contributed by atoms with Gasteiger partial charge < -0.3 is 49.6 Å². The fraction of sp³-hybridized carbons (Fsp3) is 0.556. The first-order valence-electron chi connectivity index (χ1n) is 24.6. The molecule has 0 fully saturated rings. The van der Waals surface area contributed by atoms with E-state index in [1.165, 1.54) is 12.1 Å². The second kappa shape index (κ2) is 30.9. The van der Waals surface area contributed by atoms with Gasteiger partial charge in [-0.3, -0.25) is 10.6 Å². The third-order valence-electron chi connectivity index (χ3n) is 12.0. The molecule has 0 spiro atoms. The van der Waals surface area contributed by atoms with E-state index < -0.39 is 12.2 Å². The summed E-state index contributed by atoms with van der Waals surface area (Å²) in [7, 11) is 0. The van der Waals surface area contributed by atoms with Crippen LogP contribution in [0.25, 0.3) is 0 Å². The molecule has 12 heteroatoms. The van der Waals surface area contributed by atoms with Gasteiger partial charge in [-0.25, -0.2) is 0 Å². The van der Waals surface area contributed by atoms with Crippen LogP contribution >= 0.6 is 0 Å². The van der Waals surface area contributed by atoms with Crippen LogP contribution in [0.15, 0.2) is 84.9 Å². The topological polar surface area (TPSA) is 182 Å². The highest BCUT2D eigenvalue weighted by Crippen LogP contribution is 2.29. The molecule has 0 radical (unpaired) electrons. The van der Waals surface area contributed by atoms with Gasteiger partial charge in [0.15, 0.2) is 0 Å². The molecular formula is C54H80N2O10. The van der Waals surface area contributed by atoms with Crippen LogP contribution in [-0.4, -0.2) is 69.4 Å². The minimum atomic E-state index is -0.815. The van der Waals surface area contributed by atoms with Gasteiger partial charge in [0.25, 0.3) is 0 Å². The third kappa shape index (κ3) is 18.8. The molecule has 12 nitrogen and oxygen atoms in total. The zero-order valence-electron chi connectivity index (χ0n) is 40.0. The number of rotatable bonds is 35. The number of aromatic hydroxyl groups is 2. The first kappa shape index (κ1) is 54.4. The summed E-state index contributed by atoms with van der Waals surface area (Å²) in [4.78, 5) is 0. The van der Waals surface area contributed by atoms with Crippen LogP contribution in [0.1, 0.15) is 175 Å². The molecule has 4 rings (SSSR count). The summed E-state index contributed by atoms with van der Waals surface area (Å²) in [6.45, 7) is 9.81. The van der Waals surface area contributed by atoms with Gasteiger partial charge in [-0.2, -0.15) is 0 Å². The Morgan fingerprint density at radius 2 is 0.848 bits per heavy atom. The fourth-order valence-electron chi connectivity index (χ4n) is 7.91. The Bertz CT molecular complexity index is 1760. The minimum Gasteiger partial charge on any atom is -0.508 e. The first-order chi connectivity index (χ1) is 32.1. The van der Waals surface area contributed by atoms with Gasteiger partial charge in [-0.15, -0.1) is 0 Å². The molecule has 0 saturated carbocycles. The number of ether oxygens (including phenoxy) is 4. The van der Waals surface area contributed by atoms with Gasteiger partial charge in [0, 0.05) is 24.2 Å². The number of phenols is 2. The molecular weight excluding hydrogens is 837 g/mol. The normalized spacial score (nSPS) is 14.4. The number of benzene rings is 4. The number of hydrogen-bond acceptors (Lipinski definition) is 12. The van der Waals surface area contributed by atoms with Crippen LogP contribution < -0.4 is 20.1 Å². The van der Waals surface area contributed by atoms with Crippen molar-refractivity contribution in [2.24, 2.45) is 0 Å². The number of unbranched alkanes of at least 4 members (excludes halogenated alkanes) is 7. The zero-order valence-corrected chi connectivity index (χ0v) is 40.0. The standard InChI is InChI=1S/C54H80N2O10/c1-5-9-13-17-53(55-35-49(61)41-23-29-47(59)43(33-41)37-57)65-51(7-3)39-19-25-45(26-20-39)63-31-15-11-12-16-32-64-46-27-21-40(22-28-46)52(8-4)66-54(18-14-10-6-2)56-36-50(62)42-24-30-48(60)44(34-42)38-58/h19-30,33-34,49-62H,5-18,31-32,35-38H2,1-4H3. The lowest BCUT2D eigenvalue weighted by Gasteiger charge is -2.27. The van der Waals surface area contributed by atoms with Crippen molar-refractivity contribution in [1.82, 2.24) is 10.6 Å². The van der Waals surface area contributed by atoms with Crippen molar-refractivity contribution in [2.75, 3.05) is 26.3 Å². The van der Waals surface area contributed by atoms with E-state index in [1.807, 2.05) is 24.3 Å². The summed E-state index contributed by atoms with van der Waals surface area (Å²) in [5.74, 6) is 1.69. The van der Waals surface area contributed by atoms with E-state index >= 15 is 0 Å². The van der Waals surface area contributed by atoms with Gasteiger partial charge in [-0.1, -0.05) is 89.8 Å². The zero-order chi connectivity index (χ0) is 47.5. The highest BCUT2D eigenvalue weighted by Gasteiger charge is 2.21. The first-order valence-corrected chi connectivity index (χ1v) is 24.6. The van der Waals surface area contributed by atoms with Crippen molar-refractivity contribution >= 4 is 0 Å². The smallest absolute Gasteiger partial charge is 0.121 e. The van der Waals surface area contributed by atoms with Gasteiger partial charge >= 0.3 is 0 Å². The van der Waals surface area contributed by atoms with Crippen molar-refractivity contribution < 1.29 is 49.6 Å². The summed E-state index contributed by atoms with van der Waals surface area (Å²) in [5.41, 5.74) is 4.17. The Balaban J connectivity index is 1.15. The lowest BCUT2D eigenvalue weighted by molar-refractivity contribution is -0.0438. The lowest BCUT2D eigenvalue weighted by atomic mass is 10.0. The molecule has 6 unspecified atom stereocenters. The summed E-state index contributed by atoms with van der Waals surface area (Å²) in [6.07, 6.45) is 11.3. The lowest BCUT2D eigenvalue weighted by Crippen LogP contribution is -2.36. The average molecular weight is 917 g/mol. The highest BCUT2D eigenvalue weighted by molar-refractivity contribution is 5.37. The summed E-state index contributed by atoms with van der Waals surface area (Å²) in [6, 6.07) is 25.9. The predicted molar refractivity (Wildman–Crippen MR) is 260 cm³/mol. The van der Waals surface area contributed by atoms with Crippen LogP contribution in [0.4, 0.5) is 0 Å². The summed E-state index contributed by atoms with van der Waals surface area (Å²) in [5, 5.41) is 67.5. The van der Waals surface area contributed by atoms with Crippen LogP contribution in [0, 0.1) is 0 Å². The third-order valence-corrected chi connectivity index (χ3v) is 12.0. The van der Waals surface area contributed by atoms with Crippen molar-refractivity contribution in [1.29, 1.82) is 0 Å². The Morgan fingerprint density at radius 3 is 1.20 bits per heavy atom. The van der Waals surface area contributed by atoms with Crippen molar-refractivity contribution in [3.05, 3.63) is 118 Å². The maximum atomic E-state index is 10.9. The van der Waals surface area contributed by atoms with Crippen LogP contribution in [0.5, 0.6) is 23.0 Å². The van der Waals surface area contributed by atoms with Crippen molar-refractivity contribution in [3.63, 3.8) is 0 Å². The van der Waals surface area contributed by atoms with Gasteiger partial charge in [0.2, 0.25) is 0 Å². The van der Waals surface area contributed by atoms with Gasteiger partial charge in [-0.05, 0) is 135 Å². The molecule has 0 aliphatic carbocycles. The molecule has 4 aromatic carbocycles. The Morgan fingerprint density at radius 1 is 0.470 bits per heavy atom. The number of aliphatic hydroxyl groups excluding tert-OH is 4. The molecule has 6 atom stereocenters. The maximum Gasteiger partial charge on any atom is 0.121 e. The molecule has 0 aliphatic heterocycles. The quantitative estimate of drug-likeness (QED) is 0.0162. The maximum absolute atomic E-state index is 10.9. The predicted octanol–water partition coefficient (Wildman–Crippen LogP) is 10.5. The fourth-order valence-corrected chi connectivity index (χ4v) is 7.91. The van der Waals surface area contributed by atoms with E-state index in [0.29, 0.717) is 35.5 Å². The molecule has 0 heterocycles. The van der Waals surface area contributed by atoms with Crippen LogP contribution in [0.2, 0.25) is 0 Å². The van der Waals surface area contributed by atoms with E-state index in [-0.39, 0.29) is 62.5 Å². The largest absolute Gasteiger partial charge is 0.508 e. The number of aliphatic hydroxyl groups is 4. The molecule has 366 valence electrons. The Labute approximate surface area is 394 Å². The summed E-state index contributed by atoms with van der Waals surface area (Å²) < 4.78 is 25.4. The molecule has 66 heavy (non-hydrogen) atoms. The van der Waals surface area contributed by atoms with E-state index in [4.69, 9.17) is 18.9 Å². The molecule has 0 aliphatic rings. The van der Waals surface area contributed by atoms with E-state index in [1.54, 1.807) is 24.3 Å². The molecule has 0 aromatic heterocycles. The minimum absolute atomic E-state index is 0.0110. The highest BCUT2D eigenvalue weighted by atomic mass is 16.5. The second-order valence-electron chi connectivity index (χ2n) is 17.2. The molecule has 8 N–H and O–H groups in total. The van der Waals surface area contributed by atoms with E-state index in [2.05, 4.69) is 62.6 Å². The average Bonchev–Trinajstić information content (AvgIpc) is 3.34. The molecule has 0 bridgehead atoms. The van der Waals surface area contributed by atoms with Crippen molar-refractivity contribution in [3.8, 4) is 23.0 Å². The SMILES string of the molecule is CCCCCC(NCC(O)c1ccc(O)c(CO)c1)OC(CC)c1ccc(OCCCCCCOc2ccc(C(CC)OC(CCCCC)NCC(O)c3ccc(O)c(CO)c3)cc2)cc1. The van der Waals surface area contributed by atoms with Gasteiger partial charge in [0.05, 0.1) is 50.8 Å². The summed E-state index contributed by atoms with van der Waals surface area (Å²) >= 11 is 0. The van der Waals surface area contributed by atoms with Crippen molar-refractivity contribution in [2.45, 2.75) is 168 Å². The molecule has 4 aromatic rings. The Hall–Kier alpha value is -4.24. The van der Waals surface area contributed by atoms with E-state index in [9.17, 15) is 30.6 Å². The number of nitrogens with one attached hydrogen (secondary N) is 2. The monoisotopic (exact) mass is 917 g/mol. The second-order valence-corrected chi connectivity index (χ2v) is 17.2. The number of hydrogen-bond donors (Lipinski definition) is 8. The molecule has 0 amide bonds. The van der Waals surface area contributed by atoms with Crippen LogP contribution in [0.3, 0.4) is 0 Å². The Kier molecular flexibility index (Phi) is 25.5. The van der Waals surface area contributed by atoms with Crippen LogP contribution in [-0.2, 0) is 22.7 Å². The van der Waals surface area contributed by atoms with E-state index in [0.717, 1.165) is 113 Å².